The highest BCUT2D eigenvalue weighted by atomic mass is 35.5. The van der Waals surface area contributed by atoms with Crippen LogP contribution < -0.4 is 9.46 Å². The Bertz CT molecular complexity index is 1070. The van der Waals surface area contributed by atoms with Gasteiger partial charge in [0, 0.05) is 21.9 Å². The molecule has 1 saturated carbocycles. The first-order chi connectivity index (χ1) is 13.0. The van der Waals surface area contributed by atoms with Crippen LogP contribution >= 0.6 is 22.9 Å². The van der Waals surface area contributed by atoms with Crippen LogP contribution in [-0.2, 0) is 10.0 Å². The van der Waals surface area contributed by atoms with E-state index in [9.17, 15) is 8.42 Å². The molecule has 0 radical (unpaired) electrons. The second-order valence-electron chi connectivity index (χ2n) is 6.19. The van der Waals surface area contributed by atoms with Crippen molar-refractivity contribution in [2.45, 2.75) is 29.4 Å². The molecule has 3 aromatic rings. The van der Waals surface area contributed by atoms with Crippen LogP contribution in [0.4, 0.5) is 5.69 Å². The highest BCUT2D eigenvalue weighted by molar-refractivity contribution is 7.94. The van der Waals surface area contributed by atoms with E-state index >= 15 is 0 Å². The van der Waals surface area contributed by atoms with Gasteiger partial charge < -0.3 is 9.26 Å². The predicted molar refractivity (Wildman–Crippen MR) is 103 cm³/mol. The number of nitrogens with zero attached hydrogens (tertiary/aromatic N) is 2. The van der Waals surface area contributed by atoms with E-state index in [0.29, 0.717) is 34.0 Å². The first-order valence-corrected chi connectivity index (χ1v) is 11.0. The molecule has 0 atom stereocenters. The Kier molecular flexibility index (Phi) is 4.83. The average Bonchev–Trinajstić information content (AvgIpc) is 3.22. The Labute approximate surface area is 165 Å². The molecule has 2 aromatic heterocycles. The number of anilines is 1. The molecule has 1 aliphatic rings. The molecule has 0 bridgehead atoms. The fourth-order valence-electron chi connectivity index (χ4n) is 2.70. The fourth-order valence-corrected chi connectivity index (χ4v) is 5.09. The van der Waals surface area contributed by atoms with E-state index in [-0.39, 0.29) is 9.90 Å². The summed E-state index contributed by atoms with van der Waals surface area (Å²) >= 11 is 7.04. The van der Waals surface area contributed by atoms with Gasteiger partial charge in [-0.15, -0.1) is 11.3 Å². The second kappa shape index (κ2) is 7.14. The zero-order valence-corrected chi connectivity index (χ0v) is 16.7. The Hall–Kier alpha value is -2.10. The van der Waals surface area contributed by atoms with Crippen LogP contribution in [0.5, 0.6) is 5.75 Å². The molecule has 0 spiro atoms. The topological polar surface area (TPSA) is 94.3 Å². The fraction of sp³-hybridized carbons (Fsp3) is 0.294. The third-order valence-corrected chi connectivity index (χ3v) is 7.44. The van der Waals surface area contributed by atoms with Gasteiger partial charge in [-0.1, -0.05) is 23.2 Å². The lowest BCUT2D eigenvalue weighted by molar-refractivity contribution is 0.292. The number of hydrogen-bond acceptors (Lipinski definition) is 7. The van der Waals surface area contributed by atoms with Crippen LogP contribution in [0.2, 0.25) is 5.02 Å². The molecule has 27 heavy (non-hydrogen) atoms. The number of sulfonamides is 1. The third-order valence-electron chi connectivity index (χ3n) is 4.40. The van der Waals surface area contributed by atoms with Crippen molar-refractivity contribution in [3.05, 3.63) is 40.6 Å². The summed E-state index contributed by atoms with van der Waals surface area (Å²) in [4.78, 5) is 4.40. The summed E-state index contributed by atoms with van der Waals surface area (Å²) in [7, 11) is -2.35. The van der Waals surface area contributed by atoms with Crippen molar-refractivity contribution in [3.8, 4) is 17.1 Å². The van der Waals surface area contributed by atoms with Gasteiger partial charge in [0.05, 0.1) is 12.8 Å². The minimum absolute atomic E-state index is 0.134. The second-order valence-corrected chi connectivity index (χ2v) is 9.45. The monoisotopic (exact) mass is 425 g/mol. The molecular formula is C17H16ClN3O4S2. The lowest BCUT2D eigenvalue weighted by atomic mass is 9.85. The molecule has 1 aliphatic carbocycles. The number of halogens is 1. The predicted octanol–water partition coefficient (Wildman–Crippen LogP) is 4.53. The van der Waals surface area contributed by atoms with Crippen molar-refractivity contribution < 1.29 is 17.7 Å². The van der Waals surface area contributed by atoms with E-state index in [4.69, 9.17) is 20.9 Å². The number of thiophene rings is 1. The highest BCUT2D eigenvalue weighted by Crippen LogP contribution is 2.37. The van der Waals surface area contributed by atoms with Crippen molar-refractivity contribution >= 4 is 38.6 Å². The van der Waals surface area contributed by atoms with E-state index in [2.05, 4.69) is 14.9 Å². The van der Waals surface area contributed by atoms with Gasteiger partial charge in [0.1, 0.15) is 9.96 Å². The van der Waals surface area contributed by atoms with Gasteiger partial charge in [0.2, 0.25) is 11.7 Å². The van der Waals surface area contributed by atoms with Crippen molar-refractivity contribution in [1.29, 1.82) is 0 Å². The smallest absolute Gasteiger partial charge is 0.271 e. The van der Waals surface area contributed by atoms with Crippen molar-refractivity contribution in [3.63, 3.8) is 0 Å². The normalized spacial score (nSPS) is 14.7. The lowest BCUT2D eigenvalue weighted by Crippen LogP contribution is -2.12. The zero-order valence-electron chi connectivity index (χ0n) is 14.3. The zero-order chi connectivity index (χ0) is 19.0. The van der Waals surface area contributed by atoms with Crippen LogP contribution in [-0.4, -0.2) is 25.7 Å². The summed E-state index contributed by atoms with van der Waals surface area (Å²) in [5.41, 5.74) is 0.875. The quantitative estimate of drug-likeness (QED) is 0.623. The maximum absolute atomic E-state index is 12.7. The maximum atomic E-state index is 12.7. The third kappa shape index (κ3) is 3.67. The summed E-state index contributed by atoms with van der Waals surface area (Å²) in [5, 5.41) is 6.07. The van der Waals surface area contributed by atoms with E-state index < -0.39 is 10.0 Å². The average molecular weight is 426 g/mol. The SMILES string of the molecule is COc1ccc(Cl)cc1NS(=O)(=O)c1cc(-c2noc(C3CCC3)n2)cs1. The highest BCUT2D eigenvalue weighted by Gasteiger charge is 2.26. The van der Waals surface area contributed by atoms with Crippen LogP contribution in [0.1, 0.15) is 31.1 Å². The number of ether oxygens (including phenoxy) is 1. The first kappa shape index (κ1) is 18.3. The van der Waals surface area contributed by atoms with Crippen LogP contribution in [0.25, 0.3) is 11.4 Å². The molecule has 0 unspecified atom stereocenters. The van der Waals surface area contributed by atoms with Gasteiger partial charge in [0.25, 0.3) is 10.0 Å². The van der Waals surface area contributed by atoms with E-state index in [1.165, 1.54) is 25.7 Å². The Morgan fingerprint density at radius 3 is 2.85 bits per heavy atom. The molecule has 4 rings (SSSR count). The first-order valence-electron chi connectivity index (χ1n) is 8.25. The maximum Gasteiger partial charge on any atom is 0.271 e. The molecule has 142 valence electrons. The number of rotatable bonds is 6. The molecule has 0 saturated heterocycles. The van der Waals surface area contributed by atoms with Gasteiger partial charge in [0.15, 0.2) is 0 Å². The number of benzene rings is 1. The summed E-state index contributed by atoms with van der Waals surface area (Å²) in [6, 6.07) is 6.24. The molecule has 1 aromatic carbocycles. The minimum Gasteiger partial charge on any atom is -0.495 e. The van der Waals surface area contributed by atoms with E-state index in [0.717, 1.165) is 24.2 Å². The largest absolute Gasteiger partial charge is 0.495 e. The van der Waals surface area contributed by atoms with E-state index in [1.807, 2.05) is 0 Å². The van der Waals surface area contributed by atoms with Gasteiger partial charge >= 0.3 is 0 Å². The van der Waals surface area contributed by atoms with Crippen molar-refractivity contribution in [2.75, 3.05) is 11.8 Å². The Balaban J connectivity index is 1.58. The van der Waals surface area contributed by atoms with Crippen molar-refractivity contribution in [2.24, 2.45) is 0 Å². The lowest BCUT2D eigenvalue weighted by Gasteiger charge is -2.20. The standard InChI is InChI=1S/C17H16ClN3O4S2/c1-24-14-6-5-12(18)8-13(14)21-27(22,23)15-7-11(9-26-15)16-19-17(25-20-16)10-3-2-4-10/h5-10,21H,2-4H2,1H3. The molecule has 7 nitrogen and oxygen atoms in total. The van der Waals surface area contributed by atoms with Crippen LogP contribution in [0, 0.1) is 0 Å². The molecule has 0 amide bonds. The Morgan fingerprint density at radius 2 is 2.15 bits per heavy atom. The molecule has 1 fully saturated rings. The summed E-state index contributed by atoms with van der Waals surface area (Å²) < 4.78 is 38.6. The van der Waals surface area contributed by atoms with Crippen LogP contribution in [0.15, 0.2) is 38.4 Å². The van der Waals surface area contributed by atoms with Gasteiger partial charge in [-0.25, -0.2) is 8.42 Å². The Morgan fingerprint density at radius 1 is 1.33 bits per heavy atom. The number of aromatic nitrogens is 2. The van der Waals surface area contributed by atoms with Gasteiger partial charge in [-0.05, 0) is 37.1 Å². The molecule has 0 aliphatic heterocycles. The number of nitrogens with one attached hydrogen (secondary N) is 1. The summed E-state index contributed by atoms with van der Waals surface area (Å²) in [5.74, 6) is 1.72. The number of hydrogen-bond donors (Lipinski definition) is 1. The van der Waals surface area contributed by atoms with Crippen molar-refractivity contribution in [1.82, 2.24) is 10.1 Å². The van der Waals surface area contributed by atoms with Gasteiger partial charge in [-0.3, -0.25) is 4.72 Å². The molecule has 10 heteroatoms. The van der Waals surface area contributed by atoms with Gasteiger partial charge in [-0.2, -0.15) is 4.98 Å². The van der Waals surface area contributed by atoms with E-state index in [1.54, 1.807) is 17.5 Å². The summed E-state index contributed by atoms with van der Waals surface area (Å²) in [6.45, 7) is 0. The molecule has 2 heterocycles. The molecular weight excluding hydrogens is 410 g/mol. The number of methoxy groups -OCH3 is 1. The minimum atomic E-state index is -3.81. The summed E-state index contributed by atoms with van der Waals surface area (Å²) in [6.07, 6.45) is 3.27. The molecule has 1 N–H and O–H groups in total. The van der Waals surface area contributed by atoms with Crippen LogP contribution in [0.3, 0.4) is 0 Å².